The van der Waals surface area contributed by atoms with Gasteiger partial charge in [-0.3, -0.25) is 15.0 Å². The molecule has 11 heteroatoms. The summed E-state index contributed by atoms with van der Waals surface area (Å²) in [7, 11) is 0. The molecule has 142 valence electrons. The molecule has 1 aliphatic carbocycles. The summed E-state index contributed by atoms with van der Waals surface area (Å²) in [6, 6.07) is 2.77. The highest BCUT2D eigenvalue weighted by Gasteiger charge is 2.52. The van der Waals surface area contributed by atoms with Crippen LogP contribution in [0.4, 0.5) is 4.79 Å². The van der Waals surface area contributed by atoms with Gasteiger partial charge in [-0.25, -0.2) is 4.79 Å². The highest BCUT2D eigenvalue weighted by Crippen LogP contribution is 2.33. The fourth-order valence-electron chi connectivity index (χ4n) is 3.27. The van der Waals surface area contributed by atoms with E-state index in [2.05, 4.69) is 20.9 Å². The summed E-state index contributed by atoms with van der Waals surface area (Å²) < 4.78 is 10.5. The number of rotatable bonds is 5. The van der Waals surface area contributed by atoms with Crippen molar-refractivity contribution in [2.24, 2.45) is 0 Å². The second kappa shape index (κ2) is 7.06. The Balaban J connectivity index is 1.33. The van der Waals surface area contributed by atoms with Crippen molar-refractivity contribution in [3.63, 3.8) is 0 Å². The van der Waals surface area contributed by atoms with Crippen LogP contribution in [0.2, 0.25) is 0 Å². The number of nitrogens with zero attached hydrogens (tertiary/aromatic N) is 3. The first-order chi connectivity index (χ1) is 13.1. The summed E-state index contributed by atoms with van der Waals surface area (Å²) in [4.78, 5) is 36.9. The van der Waals surface area contributed by atoms with Crippen molar-refractivity contribution in [2.75, 3.05) is 5.75 Å². The van der Waals surface area contributed by atoms with E-state index in [4.69, 9.17) is 8.83 Å². The Morgan fingerprint density at radius 2 is 2.11 bits per heavy atom. The minimum atomic E-state index is -0.875. The number of amides is 4. The Labute approximate surface area is 158 Å². The van der Waals surface area contributed by atoms with Crippen LogP contribution in [0.3, 0.4) is 0 Å². The maximum absolute atomic E-state index is 12.6. The van der Waals surface area contributed by atoms with E-state index in [1.807, 2.05) is 0 Å². The maximum Gasteiger partial charge on any atom is 0.344 e. The summed E-state index contributed by atoms with van der Waals surface area (Å²) >= 11 is 0.996. The molecule has 2 fully saturated rings. The van der Waals surface area contributed by atoms with Crippen molar-refractivity contribution in [1.29, 1.82) is 0 Å². The minimum absolute atomic E-state index is 0.0934. The zero-order chi connectivity index (χ0) is 18.9. The fourth-order valence-corrected chi connectivity index (χ4v) is 3.82. The Kier molecular flexibility index (Phi) is 4.60. The first-order valence-electron chi connectivity index (χ1n) is 8.54. The molecule has 4 amide bonds. The molecule has 0 aromatic carbocycles. The smallest absolute Gasteiger partial charge is 0.344 e. The van der Waals surface area contributed by atoms with Crippen LogP contribution >= 0.6 is 11.8 Å². The molecule has 2 aromatic heterocycles. The second-order valence-corrected chi connectivity index (χ2v) is 7.31. The number of carbonyl (C=O) groups excluding carboxylic acids is 3. The zero-order valence-corrected chi connectivity index (χ0v) is 15.1. The van der Waals surface area contributed by atoms with Crippen molar-refractivity contribution in [3.05, 3.63) is 18.4 Å². The quantitative estimate of drug-likeness (QED) is 0.582. The van der Waals surface area contributed by atoms with Gasteiger partial charge in [0, 0.05) is 0 Å². The number of nitrogens with one attached hydrogen (secondary N) is 2. The molecule has 4 rings (SSSR count). The van der Waals surface area contributed by atoms with Crippen LogP contribution in [0.5, 0.6) is 0 Å². The Morgan fingerprint density at radius 3 is 2.85 bits per heavy atom. The molecule has 0 radical (unpaired) electrons. The van der Waals surface area contributed by atoms with Crippen LogP contribution in [0.15, 0.2) is 32.5 Å². The first kappa shape index (κ1) is 17.6. The number of urea groups is 1. The first-order valence-corrected chi connectivity index (χ1v) is 9.52. The number of hydrogen-bond donors (Lipinski definition) is 2. The van der Waals surface area contributed by atoms with E-state index in [1.54, 1.807) is 12.1 Å². The third-order valence-corrected chi connectivity index (χ3v) is 5.39. The van der Waals surface area contributed by atoms with Crippen molar-refractivity contribution < 1.29 is 23.2 Å². The van der Waals surface area contributed by atoms with E-state index >= 15 is 0 Å². The lowest BCUT2D eigenvalue weighted by molar-refractivity contribution is -0.139. The molecule has 2 N–H and O–H groups in total. The molecule has 0 unspecified atom stereocenters. The largest absolute Gasteiger partial charge is 0.459 e. The lowest BCUT2D eigenvalue weighted by atomic mass is 9.82. The molecule has 3 heterocycles. The molecule has 2 aliphatic rings. The van der Waals surface area contributed by atoms with E-state index in [-0.39, 0.29) is 16.9 Å². The number of imide groups is 1. The number of carbonyl (C=O) groups is 3. The molecular weight excluding hydrogens is 374 g/mol. The van der Waals surface area contributed by atoms with E-state index in [9.17, 15) is 14.4 Å². The fraction of sp³-hybridized carbons (Fsp3) is 0.438. The summed E-state index contributed by atoms with van der Waals surface area (Å²) in [6.07, 6.45) is 5.46. The van der Waals surface area contributed by atoms with E-state index in [0.717, 1.165) is 36.0 Å². The SMILES string of the molecule is O=C(CSc1nnc(-c2ccco2)o1)NN1C(=O)NC2(CCCCC2)C1=O. The Hall–Kier alpha value is -2.82. The van der Waals surface area contributed by atoms with Gasteiger partial charge < -0.3 is 14.2 Å². The van der Waals surface area contributed by atoms with Gasteiger partial charge in [0.25, 0.3) is 17.0 Å². The van der Waals surface area contributed by atoms with E-state index in [1.165, 1.54) is 6.26 Å². The monoisotopic (exact) mass is 391 g/mol. The topological polar surface area (TPSA) is 131 Å². The minimum Gasteiger partial charge on any atom is -0.459 e. The zero-order valence-electron chi connectivity index (χ0n) is 14.3. The molecule has 0 bridgehead atoms. The number of thioether (sulfide) groups is 1. The van der Waals surface area contributed by atoms with Gasteiger partial charge in [-0.1, -0.05) is 31.0 Å². The third-order valence-electron chi connectivity index (χ3n) is 4.57. The van der Waals surface area contributed by atoms with Gasteiger partial charge in [-0.2, -0.15) is 5.01 Å². The maximum atomic E-state index is 12.6. The van der Waals surface area contributed by atoms with Crippen molar-refractivity contribution in [1.82, 2.24) is 25.9 Å². The average Bonchev–Trinajstić information content (AvgIpc) is 3.39. The van der Waals surface area contributed by atoms with Crippen LogP contribution < -0.4 is 10.7 Å². The number of aromatic nitrogens is 2. The standard InChI is InChI=1S/C16H17N5O5S/c22-11(9-27-15-19-18-12(26-15)10-5-4-8-25-10)20-21-13(23)16(17-14(21)24)6-2-1-3-7-16/h4-5,8H,1-3,6-7,9H2,(H,17,24)(H,20,22). The number of hydrazine groups is 1. The molecular formula is C16H17N5O5S. The van der Waals surface area contributed by atoms with Gasteiger partial charge in [0.1, 0.15) is 5.54 Å². The molecule has 0 atom stereocenters. The van der Waals surface area contributed by atoms with Gasteiger partial charge in [0.05, 0.1) is 12.0 Å². The molecule has 1 saturated carbocycles. The lowest BCUT2D eigenvalue weighted by Crippen LogP contribution is -2.51. The molecule has 1 saturated heterocycles. The van der Waals surface area contributed by atoms with Gasteiger partial charge in [-0.05, 0) is 25.0 Å². The van der Waals surface area contributed by atoms with Crippen molar-refractivity contribution >= 4 is 29.6 Å². The number of furan rings is 1. The molecule has 1 aliphatic heterocycles. The Morgan fingerprint density at radius 1 is 1.30 bits per heavy atom. The van der Waals surface area contributed by atoms with Crippen molar-refractivity contribution in [2.45, 2.75) is 42.9 Å². The summed E-state index contributed by atoms with van der Waals surface area (Å²) in [5, 5.41) is 11.3. The summed E-state index contributed by atoms with van der Waals surface area (Å²) in [5.41, 5.74) is 1.48. The predicted octanol–water partition coefficient (Wildman–Crippen LogP) is 1.71. The third kappa shape index (κ3) is 3.42. The summed E-state index contributed by atoms with van der Waals surface area (Å²) in [5.74, 6) is -0.381. The van der Waals surface area contributed by atoms with Gasteiger partial charge in [0.15, 0.2) is 5.76 Å². The Bertz CT molecular complexity index is 858. The number of hydrogen-bond acceptors (Lipinski definition) is 8. The molecule has 1 spiro atoms. The van der Waals surface area contributed by atoms with E-state index < -0.39 is 23.4 Å². The van der Waals surface area contributed by atoms with Crippen LogP contribution in [-0.4, -0.2) is 44.3 Å². The molecule has 10 nitrogen and oxygen atoms in total. The van der Waals surface area contributed by atoms with Gasteiger partial charge in [-0.15, -0.1) is 10.2 Å². The van der Waals surface area contributed by atoms with Crippen molar-refractivity contribution in [3.8, 4) is 11.7 Å². The average molecular weight is 391 g/mol. The van der Waals surface area contributed by atoms with Crippen LogP contribution in [0, 0.1) is 0 Å². The summed E-state index contributed by atoms with van der Waals surface area (Å²) in [6.45, 7) is 0. The predicted molar refractivity (Wildman–Crippen MR) is 92.1 cm³/mol. The molecule has 2 aromatic rings. The highest BCUT2D eigenvalue weighted by molar-refractivity contribution is 7.99. The van der Waals surface area contributed by atoms with Crippen LogP contribution in [0.1, 0.15) is 32.1 Å². The van der Waals surface area contributed by atoms with Gasteiger partial charge in [0.2, 0.25) is 5.91 Å². The van der Waals surface area contributed by atoms with Gasteiger partial charge >= 0.3 is 6.03 Å². The second-order valence-electron chi connectivity index (χ2n) is 6.39. The van der Waals surface area contributed by atoms with Crippen LogP contribution in [0.25, 0.3) is 11.7 Å². The molecule has 27 heavy (non-hydrogen) atoms. The van der Waals surface area contributed by atoms with Crippen LogP contribution in [-0.2, 0) is 9.59 Å². The lowest BCUT2D eigenvalue weighted by Gasteiger charge is -2.30. The highest BCUT2D eigenvalue weighted by atomic mass is 32.2. The normalized spacial score (nSPS) is 18.7. The van der Waals surface area contributed by atoms with E-state index in [0.29, 0.717) is 18.6 Å².